The molecule has 1 aliphatic heterocycles. The summed E-state index contributed by atoms with van der Waals surface area (Å²) < 4.78 is 5.93. The molecule has 0 aromatic carbocycles. The van der Waals surface area contributed by atoms with Crippen molar-refractivity contribution >= 4 is 0 Å². The molecule has 0 spiro atoms. The minimum absolute atomic E-state index is 0.372. The van der Waals surface area contributed by atoms with E-state index in [-0.39, 0.29) is 0 Å². The van der Waals surface area contributed by atoms with Crippen LogP contribution >= 0.6 is 0 Å². The molecule has 0 amide bonds. The smallest absolute Gasteiger partial charge is 0.0578 e. The van der Waals surface area contributed by atoms with E-state index in [0.717, 1.165) is 19.0 Å². The SMILES string of the molecule is C=C(CC1CCC(OC(C)C)CC1)N1CCN(C)CC1. The fourth-order valence-corrected chi connectivity index (χ4v) is 3.44. The molecular formula is C17H32N2O. The zero-order valence-electron chi connectivity index (χ0n) is 13.6. The topological polar surface area (TPSA) is 15.7 Å². The summed E-state index contributed by atoms with van der Waals surface area (Å²) in [5.74, 6) is 0.828. The van der Waals surface area contributed by atoms with Crippen LogP contribution < -0.4 is 0 Å². The second-order valence-electron chi connectivity index (χ2n) is 6.89. The van der Waals surface area contributed by atoms with Crippen LogP contribution in [0.25, 0.3) is 0 Å². The molecule has 2 aliphatic rings. The Morgan fingerprint density at radius 1 is 1.10 bits per heavy atom. The van der Waals surface area contributed by atoms with Gasteiger partial charge in [0.15, 0.2) is 0 Å². The van der Waals surface area contributed by atoms with Gasteiger partial charge in [-0.15, -0.1) is 0 Å². The first-order valence-corrected chi connectivity index (χ1v) is 8.31. The lowest BCUT2D eigenvalue weighted by Gasteiger charge is -2.37. The van der Waals surface area contributed by atoms with Gasteiger partial charge in [-0.25, -0.2) is 0 Å². The van der Waals surface area contributed by atoms with Gasteiger partial charge in [0.1, 0.15) is 0 Å². The molecule has 0 bridgehead atoms. The first kappa shape index (κ1) is 15.8. The summed E-state index contributed by atoms with van der Waals surface area (Å²) in [6, 6.07) is 0. The number of hydrogen-bond acceptors (Lipinski definition) is 3. The van der Waals surface area contributed by atoms with Crippen molar-refractivity contribution in [1.29, 1.82) is 0 Å². The van der Waals surface area contributed by atoms with Gasteiger partial charge in [-0.3, -0.25) is 0 Å². The Labute approximate surface area is 125 Å². The number of hydrogen-bond donors (Lipinski definition) is 0. The van der Waals surface area contributed by atoms with Gasteiger partial charge < -0.3 is 14.5 Å². The third-order valence-corrected chi connectivity index (χ3v) is 4.73. The van der Waals surface area contributed by atoms with Gasteiger partial charge in [-0.2, -0.15) is 0 Å². The van der Waals surface area contributed by atoms with Crippen molar-refractivity contribution in [2.45, 2.75) is 58.2 Å². The Hall–Kier alpha value is -0.540. The highest BCUT2D eigenvalue weighted by Gasteiger charge is 2.24. The predicted molar refractivity (Wildman–Crippen MR) is 84.8 cm³/mol. The van der Waals surface area contributed by atoms with Crippen molar-refractivity contribution in [1.82, 2.24) is 9.80 Å². The number of nitrogens with zero attached hydrogens (tertiary/aromatic N) is 2. The summed E-state index contributed by atoms with van der Waals surface area (Å²) in [5.41, 5.74) is 1.37. The van der Waals surface area contributed by atoms with Crippen molar-refractivity contribution in [3.63, 3.8) is 0 Å². The van der Waals surface area contributed by atoms with E-state index in [9.17, 15) is 0 Å². The lowest BCUT2D eigenvalue weighted by Crippen LogP contribution is -2.44. The number of allylic oxidation sites excluding steroid dienone is 1. The summed E-state index contributed by atoms with van der Waals surface area (Å²) in [6.45, 7) is 13.3. The predicted octanol–water partition coefficient (Wildman–Crippen LogP) is 3.12. The molecule has 1 heterocycles. The maximum Gasteiger partial charge on any atom is 0.0578 e. The maximum absolute atomic E-state index is 5.93. The number of ether oxygens (including phenoxy) is 1. The van der Waals surface area contributed by atoms with Gasteiger partial charge >= 0.3 is 0 Å². The second kappa shape index (κ2) is 7.46. The largest absolute Gasteiger partial charge is 0.376 e. The molecular weight excluding hydrogens is 248 g/mol. The summed E-state index contributed by atoms with van der Waals surface area (Å²) in [7, 11) is 2.20. The number of piperazine rings is 1. The molecule has 1 aliphatic carbocycles. The highest BCUT2D eigenvalue weighted by Crippen LogP contribution is 2.31. The van der Waals surface area contributed by atoms with E-state index in [2.05, 4.69) is 37.3 Å². The Morgan fingerprint density at radius 3 is 2.25 bits per heavy atom. The van der Waals surface area contributed by atoms with Gasteiger partial charge in [0, 0.05) is 31.9 Å². The van der Waals surface area contributed by atoms with E-state index in [1.54, 1.807) is 0 Å². The molecule has 20 heavy (non-hydrogen) atoms. The average Bonchev–Trinajstić information content (AvgIpc) is 2.41. The quantitative estimate of drug-likeness (QED) is 0.769. The van der Waals surface area contributed by atoms with Crippen LogP contribution in [0.15, 0.2) is 12.3 Å². The minimum Gasteiger partial charge on any atom is -0.376 e. The highest BCUT2D eigenvalue weighted by atomic mass is 16.5. The fourth-order valence-electron chi connectivity index (χ4n) is 3.44. The summed E-state index contributed by atoms with van der Waals surface area (Å²) in [5, 5.41) is 0. The normalized spacial score (nSPS) is 28.9. The zero-order chi connectivity index (χ0) is 14.5. The Kier molecular flexibility index (Phi) is 5.91. The highest BCUT2D eigenvalue weighted by molar-refractivity contribution is 4.98. The Bertz CT molecular complexity index is 300. The molecule has 3 heteroatoms. The Balaban J connectivity index is 1.68. The van der Waals surface area contributed by atoms with E-state index in [1.807, 2.05) is 0 Å². The van der Waals surface area contributed by atoms with E-state index < -0.39 is 0 Å². The van der Waals surface area contributed by atoms with E-state index >= 15 is 0 Å². The molecule has 116 valence electrons. The van der Waals surface area contributed by atoms with E-state index in [4.69, 9.17) is 4.74 Å². The van der Waals surface area contributed by atoms with Gasteiger partial charge in [0.05, 0.1) is 12.2 Å². The number of likely N-dealkylation sites (N-methyl/N-ethyl adjacent to an activating group) is 1. The molecule has 1 saturated heterocycles. The van der Waals surface area contributed by atoms with E-state index in [1.165, 1.54) is 50.9 Å². The van der Waals surface area contributed by atoms with Crippen LogP contribution in [0.5, 0.6) is 0 Å². The fraction of sp³-hybridized carbons (Fsp3) is 0.882. The first-order chi connectivity index (χ1) is 9.54. The molecule has 0 N–H and O–H groups in total. The minimum atomic E-state index is 0.372. The van der Waals surface area contributed by atoms with Crippen LogP contribution in [0, 0.1) is 5.92 Å². The maximum atomic E-state index is 5.93. The summed E-state index contributed by atoms with van der Waals surface area (Å²) in [4.78, 5) is 4.90. The van der Waals surface area contributed by atoms with Crippen molar-refractivity contribution in [3.8, 4) is 0 Å². The van der Waals surface area contributed by atoms with Crippen molar-refractivity contribution in [3.05, 3.63) is 12.3 Å². The van der Waals surface area contributed by atoms with Crippen LogP contribution in [-0.4, -0.2) is 55.2 Å². The summed E-state index contributed by atoms with van der Waals surface area (Å²) >= 11 is 0. The van der Waals surface area contributed by atoms with Gasteiger partial charge in [0.2, 0.25) is 0 Å². The van der Waals surface area contributed by atoms with Crippen LogP contribution in [0.2, 0.25) is 0 Å². The van der Waals surface area contributed by atoms with Gasteiger partial charge in [-0.1, -0.05) is 6.58 Å². The molecule has 0 unspecified atom stereocenters. The second-order valence-corrected chi connectivity index (χ2v) is 6.89. The van der Waals surface area contributed by atoms with E-state index in [0.29, 0.717) is 12.2 Å². The molecule has 2 fully saturated rings. The van der Waals surface area contributed by atoms with Crippen LogP contribution in [0.3, 0.4) is 0 Å². The van der Waals surface area contributed by atoms with Crippen molar-refractivity contribution in [2.24, 2.45) is 5.92 Å². The monoisotopic (exact) mass is 280 g/mol. The number of rotatable bonds is 5. The molecule has 0 aromatic heterocycles. The van der Waals surface area contributed by atoms with Crippen LogP contribution in [0.4, 0.5) is 0 Å². The van der Waals surface area contributed by atoms with Crippen molar-refractivity contribution < 1.29 is 4.74 Å². The standard InChI is InChI=1S/C17H32N2O/c1-14(2)20-17-7-5-16(6-8-17)13-15(3)19-11-9-18(4)10-12-19/h14,16-17H,3,5-13H2,1-2,4H3. The molecule has 3 nitrogen and oxygen atoms in total. The molecule has 2 rings (SSSR count). The van der Waals surface area contributed by atoms with Gasteiger partial charge in [0.25, 0.3) is 0 Å². The molecule has 0 aromatic rings. The molecule has 1 saturated carbocycles. The third-order valence-electron chi connectivity index (χ3n) is 4.73. The van der Waals surface area contributed by atoms with Crippen LogP contribution in [0.1, 0.15) is 46.0 Å². The first-order valence-electron chi connectivity index (χ1n) is 8.31. The lowest BCUT2D eigenvalue weighted by molar-refractivity contribution is -0.0200. The molecule has 0 radical (unpaired) electrons. The van der Waals surface area contributed by atoms with Gasteiger partial charge in [-0.05, 0) is 58.9 Å². The van der Waals surface area contributed by atoms with Crippen LogP contribution in [-0.2, 0) is 4.74 Å². The lowest BCUT2D eigenvalue weighted by atomic mass is 9.84. The zero-order valence-corrected chi connectivity index (χ0v) is 13.6. The average molecular weight is 280 g/mol. The Morgan fingerprint density at radius 2 is 1.70 bits per heavy atom. The molecule has 0 atom stereocenters. The van der Waals surface area contributed by atoms with Crippen molar-refractivity contribution in [2.75, 3.05) is 33.2 Å². The summed E-state index contributed by atoms with van der Waals surface area (Å²) in [6.07, 6.45) is 7.16. The third kappa shape index (κ3) is 4.78.